The normalized spacial score (nSPS) is 11.4. The van der Waals surface area contributed by atoms with E-state index in [9.17, 15) is 0 Å². The molecule has 0 N–H and O–H groups in total. The lowest BCUT2D eigenvalue weighted by Crippen LogP contribution is -2.15. The van der Waals surface area contributed by atoms with Gasteiger partial charge in [-0.1, -0.05) is 35.4 Å². The SMILES string of the molecule is Cc1ccc(SOCCOCCOCCOCCOCCOCCOCCOCCOSc2ccc(C)cc2)cc1. The molecule has 0 aliphatic rings. The van der Waals surface area contributed by atoms with Crippen LogP contribution in [0.4, 0.5) is 0 Å². The van der Waals surface area contributed by atoms with Gasteiger partial charge < -0.3 is 41.5 Å². The van der Waals surface area contributed by atoms with Crippen molar-refractivity contribution >= 4 is 24.1 Å². The van der Waals surface area contributed by atoms with E-state index in [1.54, 1.807) is 0 Å². The maximum absolute atomic E-state index is 5.52. The van der Waals surface area contributed by atoms with Crippen molar-refractivity contribution < 1.29 is 41.5 Å². The molecule has 2 aromatic rings. The Morgan fingerprint density at radius 2 is 0.561 bits per heavy atom. The van der Waals surface area contributed by atoms with Crippen molar-refractivity contribution in [1.29, 1.82) is 0 Å². The molecule has 41 heavy (non-hydrogen) atoms. The van der Waals surface area contributed by atoms with E-state index < -0.39 is 0 Å². The molecule has 0 spiro atoms. The molecule has 0 saturated heterocycles. The van der Waals surface area contributed by atoms with Gasteiger partial charge in [0.05, 0.1) is 106 Å². The van der Waals surface area contributed by atoms with Gasteiger partial charge in [-0.15, -0.1) is 0 Å². The van der Waals surface area contributed by atoms with Gasteiger partial charge in [0, 0.05) is 33.9 Å². The summed E-state index contributed by atoms with van der Waals surface area (Å²) < 4.78 is 49.4. The van der Waals surface area contributed by atoms with Gasteiger partial charge in [0.25, 0.3) is 0 Å². The highest BCUT2D eigenvalue weighted by molar-refractivity contribution is 7.94. The molecule has 0 aromatic heterocycles. The molecule has 232 valence electrons. The Hall–Kier alpha value is -1.22. The highest BCUT2D eigenvalue weighted by atomic mass is 32.2. The first kappa shape index (κ1) is 36.0. The second-order valence-electron chi connectivity index (χ2n) is 8.72. The third-order valence-corrected chi connectivity index (χ3v) is 6.70. The van der Waals surface area contributed by atoms with Gasteiger partial charge >= 0.3 is 0 Å². The predicted octanol–water partition coefficient (Wildman–Crippen LogP) is 5.17. The highest BCUT2D eigenvalue weighted by Crippen LogP contribution is 2.19. The van der Waals surface area contributed by atoms with Crippen LogP contribution in [-0.4, -0.2) is 106 Å². The number of hydrogen-bond acceptors (Lipinski definition) is 11. The van der Waals surface area contributed by atoms with E-state index in [2.05, 4.69) is 38.1 Å². The van der Waals surface area contributed by atoms with Crippen LogP contribution < -0.4 is 0 Å². The number of benzene rings is 2. The smallest absolute Gasteiger partial charge is 0.0852 e. The summed E-state index contributed by atoms with van der Waals surface area (Å²) in [6.45, 7) is 12.6. The fourth-order valence-electron chi connectivity index (χ4n) is 3.01. The third-order valence-electron chi connectivity index (χ3n) is 5.21. The Morgan fingerprint density at radius 3 is 0.805 bits per heavy atom. The molecule has 0 saturated carbocycles. The maximum Gasteiger partial charge on any atom is 0.0852 e. The average molecular weight is 615 g/mol. The van der Waals surface area contributed by atoms with Gasteiger partial charge in [-0.05, 0) is 38.1 Å². The van der Waals surface area contributed by atoms with E-state index in [0.717, 1.165) is 9.79 Å². The van der Waals surface area contributed by atoms with Crippen LogP contribution in [0.1, 0.15) is 11.1 Å². The second-order valence-corrected chi connectivity index (χ2v) is 10.5. The molecule has 2 aromatic carbocycles. The zero-order valence-corrected chi connectivity index (χ0v) is 26.1. The number of ether oxygens (including phenoxy) is 7. The molecule has 0 amide bonds. The summed E-state index contributed by atoms with van der Waals surface area (Å²) in [5, 5.41) is 0. The number of aryl methyl sites for hydroxylation is 2. The zero-order chi connectivity index (χ0) is 29.1. The van der Waals surface area contributed by atoms with Gasteiger partial charge in [0.15, 0.2) is 0 Å². The quantitative estimate of drug-likeness (QED) is 0.0941. The molecule has 0 aliphatic heterocycles. The highest BCUT2D eigenvalue weighted by Gasteiger charge is 1.98. The van der Waals surface area contributed by atoms with Crippen molar-refractivity contribution in [3.8, 4) is 0 Å². The number of rotatable bonds is 28. The van der Waals surface area contributed by atoms with E-state index in [1.165, 1.54) is 35.2 Å². The Labute approximate surface area is 254 Å². The topological polar surface area (TPSA) is 83.1 Å². The van der Waals surface area contributed by atoms with Crippen LogP contribution in [0.5, 0.6) is 0 Å². The average Bonchev–Trinajstić information content (AvgIpc) is 2.98. The Kier molecular flexibility index (Phi) is 23.2. The molecular formula is C30H46O9S2. The van der Waals surface area contributed by atoms with Crippen LogP contribution in [0, 0.1) is 13.8 Å². The van der Waals surface area contributed by atoms with E-state index >= 15 is 0 Å². The summed E-state index contributed by atoms with van der Waals surface area (Å²) >= 11 is 2.73. The lowest BCUT2D eigenvalue weighted by atomic mass is 10.2. The lowest BCUT2D eigenvalue weighted by molar-refractivity contribution is -0.0216. The van der Waals surface area contributed by atoms with Crippen molar-refractivity contribution in [2.24, 2.45) is 0 Å². The van der Waals surface area contributed by atoms with Crippen LogP contribution in [0.15, 0.2) is 58.3 Å². The summed E-state index contributed by atoms with van der Waals surface area (Å²) in [5.74, 6) is 0. The number of hydrogen-bond donors (Lipinski definition) is 0. The summed E-state index contributed by atoms with van der Waals surface area (Å²) in [6, 6.07) is 16.4. The van der Waals surface area contributed by atoms with Gasteiger partial charge in [0.2, 0.25) is 0 Å². The monoisotopic (exact) mass is 614 g/mol. The summed E-state index contributed by atoms with van der Waals surface area (Å²) in [5.41, 5.74) is 2.47. The van der Waals surface area contributed by atoms with E-state index in [4.69, 9.17) is 41.5 Å². The van der Waals surface area contributed by atoms with Crippen LogP contribution >= 0.6 is 24.1 Å². The minimum absolute atomic E-state index is 0.522. The van der Waals surface area contributed by atoms with Gasteiger partial charge in [-0.2, -0.15) is 0 Å². The molecule has 0 unspecified atom stereocenters. The Balaban J connectivity index is 1.17. The molecular weight excluding hydrogens is 568 g/mol. The van der Waals surface area contributed by atoms with E-state index in [1.807, 2.05) is 24.3 Å². The van der Waals surface area contributed by atoms with Crippen molar-refractivity contribution in [1.82, 2.24) is 0 Å². The standard InChI is InChI=1S/C30H46O9S2/c1-27-3-7-29(8-4-27)40-38-25-23-36-21-19-34-17-15-32-13-11-31-12-14-33-16-18-35-20-22-37-24-26-39-41-30-9-5-28(2)6-10-30/h3-10H,11-26H2,1-2H3. The van der Waals surface area contributed by atoms with E-state index in [-0.39, 0.29) is 0 Å². The van der Waals surface area contributed by atoms with Crippen LogP contribution in [-0.2, 0) is 41.5 Å². The lowest BCUT2D eigenvalue weighted by Gasteiger charge is -2.08. The first-order valence-corrected chi connectivity index (χ1v) is 15.5. The van der Waals surface area contributed by atoms with E-state index in [0.29, 0.717) is 106 Å². The minimum Gasteiger partial charge on any atom is -0.377 e. The molecule has 0 heterocycles. The molecule has 2 rings (SSSR count). The second kappa shape index (κ2) is 26.4. The Bertz CT molecular complexity index is 771. The van der Waals surface area contributed by atoms with Crippen molar-refractivity contribution in [3.63, 3.8) is 0 Å². The fraction of sp³-hybridized carbons (Fsp3) is 0.600. The summed E-state index contributed by atoms with van der Waals surface area (Å²) in [6.07, 6.45) is 0. The molecule has 0 aliphatic carbocycles. The minimum atomic E-state index is 0.522. The van der Waals surface area contributed by atoms with Crippen molar-refractivity contribution in [3.05, 3.63) is 59.7 Å². The van der Waals surface area contributed by atoms with Crippen molar-refractivity contribution in [2.45, 2.75) is 23.6 Å². The molecule has 0 radical (unpaired) electrons. The molecule has 0 bridgehead atoms. The molecule has 9 nitrogen and oxygen atoms in total. The first-order valence-electron chi connectivity index (χ1n) is 14.0. The van der Waals surface area contributed by atoms with Gasteiger partial charge in [-0.25, -0.2) is 0 Å². The zero-order valence-electron chi connectivity index (χ0n) is 24.4. The van der Waals surface area contributed by atoms with Gasteiger partial charge in [-0.3, -0.25) is 0 Å². The summed E-state index contributed by atoms with van der Waals surface area (Å²) in [4.78, 5) is 2.17. The maximum atomic E-state index is 5.52. The summed E-state index contributed by atoms with van der Waals surface area (Å²) in [7, 11) is 0. The van der Waals surface area contributed by atoms with Gasteiger partial charge in [0.1, 0.15) is 0 Å². The molecule has 11 heteroatoms. The predicted molar refractivity (Wildman–Crippen MR) is 162 cm³/mol. The largest absolute Gasteiger partial charge is 0.377 e. The molecule has 0 fully saturated rings. The van der Waals surface area contributed by atoms with Crippen LogP contribution in [0.2, 0.25) is 0 Å². The van der Waals surface area contributed by atoms with Crippen LogP contribution in [0.3, 0.4) is 0 Å². The van der Waals surface area contributed by atoms with Crippen LogP contribution in [0.25, 0.3) is 0 Å². The third kappa shape index (κ3) is 22.0. The molecule has 0 atom stereocenters. The first-order chi connectivity index (χ1) is 20.2. The Morgan fingerprint density at radius 1 is 0.341 bits per heavy atom. The fourth-order valence-corrected chi connectivity index (χ4v) is 4.08. The van der Waals surface area contributed by atoms with Crippen molar-refractivity contribution in [2.75, 3.05) is 106 Å².